The molecule has 0 saturated heterocycles. The molecule has 0 aliphatic rings. The van der Waals surface area contributed by atoms with Gasteiger partial charge in [0.2, 0.25) is 11.8 Å². The molecule has 1 aromatic heterocycles. The smallest absolute Gasteiger partial charge is 0.224 e. The van der Waals surface area contributed by atoms with Crippen LogP contribution in [0.2, 0.25) is 0 Å². The summed E-state index contributed by atoms with van der Waals surface area (Å²) in [5, 5.41) is 0. The molecule has 6 heteroatoms. The Kier molecular flexibility index (Phi) is 9.01. The molecule has 0 spiro atoms. The van der Waals surface area contributed by atoms with Crippen molar-refractivity contribution >= 4 is 11.8 Å². The van der Waals surface area contributed by atoms with Gasteiger partial charge in [-0.2, -0.15) is 0 Å². The Balaban J connectivity index is 2.34. The van der Waals surface area contributed by atoms with E-state index in [1.165, 1.54) is 5.56 Å². The molecule has 0 aliphatic heterocycles. The summed E-state index contributed by atoms with van der Waals surface area (Å²) in [6, 6.07) is 3.92. The molecule has 6 nitrogen and oxygen atoms in total. The summed E-state index contributed by atoms with van der Waals surface area (Å²) in [6.45, 7) is 4.35. The van der Waals surface area contributed by atoms with Gasteiger partial charge in [-0.3, -0.25) is 14.6 Å². The first-order valence-corrected chi connectivity index (χ1v) is 8.43. The summed E-state index contributed by atoms with van der Waals surface area (Å²) in [5.41, 5.74) is 1.17. The lowest BCUT2D eigenvalue weighted by atomic mass is 10.2. The number of aromatic nitrogens is 1. The zero-order valence-electron chi connectivity index (χ0n) is 15.4. The van der Waals surface area contributed by atoms with Gasteiger partial charge in [-0.1, -0.05) is 0 Å². The molecule has 0 aromatic carbocycles. The van der Waals surface area contributed by atoms with Crippen molar-refractivity contribution in [3.63, 3.8) is 0 Å². The van der Waals surface area contributed by atoms with Gasteiger partial charge < -0.3 is 14.7 Å². The molecule has 2 amide bonds. The van der Waals surface area contributed by atoms with E-state index in [1.54, 1.807) is 29.1 Å². The van der Waals surface area contributed by atoms with Crippen LogP contribution in [0.15, 0.2) is 24.5 Å². The van der Waals surface area contributed by atoms with Gasteiger partial charge in [0.15, 0.2) is 0 Å². The number of likely N-dealkylation sites (N-methyl/N-ethyl adjacent to an activating group) is 1. The molecule has 0 aliphatic carbocycles. The van der Waals surface area contributed by atoms with E-state index in [4.69, 9.17) is 0 Å². The second-order valence-electron chi connectivity index (χ2n) is 6.33. The third-order valence-electron chi connectivity index (χ3n) is 3.99. The highest BCUT2D eigenvalue weighted by Gasteiger charge is 2.13. The molecule has 0 fully saturated rings. The van der Waals surface area contributed by atoms with Crippen LogP contribution in [0.3, 0.4) is 0 Å². The van der Waals surface area contributed by atoms with Crippen molar-refractivity contribution in [3.8, 4) is 0 Å². The standard InChI is InChI=1S/C18H30N4O2/c1-16(23)22(13-5-12-20(2)3)15-9-18(24)21(4)14-8-17-6-10-19-11-7-17/h6-7,10-11H,5,8-9,12-15H2,1-4H3. The summed E-state index contributed by atoms with van der Waals surface area (Å²) >= 11 is 0. The van der Waals surface area contributed by atoms with Crippen LogP contribution in [0, 0.1) is 0 Å². The van der Waals surface area contributed by atoms with Gasteiger partial charge in [0, 0.05) is 52.4 Å². The number of nitrogens with zero attached hydrogens (tertiary/aromatic N) is 4. The molecule has 0 unspecified atom stereocenters. The topological polar surface area (TPSA) is 56.8 Å². The van der Waals surface area contributed by atoms with Gasteiger partial charge in [-0.25, -0.2) is 0 Å². The van der Waals surface area contributed by atoms with Crippen molar-refractivity contribution in [2.24, 2.45) is 0 Å². The molecule has 0 bridgehead atoms. The minimum absolute atomic E-state index is 0.0287. The van der Waals surface area contributed by atoms with E-state index in [-0.39, 0.29) is 11.8 Å². The summed E-state index contributed by atoms with van der Waals surface area (Å²) in [5.74, 6) is 0.101. The Morgan fingerprint density at radius 2 is 1.67 bits per heavy atom. The van der Waals surface area contributed by atoms with E-state index in [0.29, 0.717) is 26.1 Å². The average Bonchev–Trinajstić information content (AvgIpc) is 2.55. The molecule has 1 aromatic rings. The molecular formula is C18H30N4O2. The van der Waals surface area contributed by atoms with Crippen LogP contribution in [0.4, 0.5) is 0 Å². The van der Waals surface area contributed by atoms with Gasteiger partial charge >= 0.3 is 0 Å². The summed E-state index contributed by atoms with van der Waals surface area (Å²) in [6.07, 6.45) is 5.61. The lowest BCUT2D eigenvalue weighted by molar-refractivity contribution is -0.132. The van der Waals surface area contributed by atoms with Gasteiger partial charge in [-0.15, -0.1) is 0 Å². The van der Waals surface area contributed by atoms with Crippen LogP contribution < -0.4 is 0 Å². The number of carbonyl (C=O) groups is 2. The molecule has 1 rings (SSSR count). The maximum Gasteiger partial charge on any atom is 0.224 e. The zero-order chi connectivity index (χ0) is 17.9. The fourth-order valence-corrected chi connectivity index (χ4v) is 2.40. The van der Waals surface area contributed by atoms with Crippen LogP contribution in [-0.4, -0.2) is 78.8 Å². The number of pyridine rings is 1. The van der Waals surface area contributed by atoms with Crippen molar-refractivity contribution in [3.05, 3.63) is 30.1 Å². The Hall–Kier alpha value is -1.95. The summed E-state index contributed by atoms with van der Waals surface area (Å²) < 4.78 is 0. The highest BCUT2D eigenvalue weighted by molar-refractivity contribution is 5.78. The van der Waals surface area contributed by atoms with E-state index in [9.17, 15) is 9.59 Å². The number of hydrogen-bond acceptors (Lipinski definition) is 4. The Morgan fingerprint density at radius 1 is 1.00 bits per heavy atom. The first-order chi connectivity index (χ1) is 11.4. The number of carbonyl (C=O) groups excluding carboxylic acids is 2. The van der Waals surface area contributed by atoms with Crippen LogP contribution in [0.1, 0.15) is 25.3 Å². The minimum Gasteiger partial charge on any atom is -0.345 e. The maximum atomic E-state index is 12.2. The summed E-state index contributed by atoms with van der Waals surface area (Å²) in [7, 11) is 5.84. The maximum absolute atomic E-state index is 12.2. The van der Waals surface area contributed by atoms with Crippen molar-refractivity contribution in [1.29, 1.82) is 0 Å². The Labute approximate surface area is 145 Å². The lowest BCUT2D eigenvalue weighted by Gasteiger charge is -2.23. The van der Waals surface area contributed by atoms with Crippen molar-refractivity contribution < 1.29 is 9.59 Å². The first kappa shape index (κ1) is 20.1. The van der Waals surface area contributed by atoms with E-state index in [1.807, 2.05) is 33.3 Å². The SMILES string of the molecule is CC(=O)N(CCCN(C)C)CCC(=O)N(C)CCc1ccncc1. The molecular weight excluding hydrogens is 304 g/mol. The predicted octanol–water partition coefficient (Wildman–Crippen LogP) is 1.27. The normalized spacial score (nSPS) is 10.7. The van der Waals surface area contributed by atoms with Crippen LogP contribution >= 0.6 is 0 Å². The predicted molar refractivity (Wildman–Crippen MR) is 95.6 cm³/mol. The van der Waals surface area contributed by atoms with Gasteiger partial charge in [0.1, 0.15) is 0 Å². The van der Waals surface area contributed by atoms with Gasteiger partial charge in [-0.05, 0) is 51.2 Å². The van der Waals surface area contributed by atoms with Crippen LogP contribution in [-0.2, 0) is 16.0 Å². The lowest BCUT2D eigenvalue weighted by Crippen LogP contribution is -2.36. The molecule has 24 heavy (non-hydrogen) atoms. The molecule has 0 N–H and O–H groups in total. The van der Waals surface area contributed by atoms with E-state index < -0.39 is 0 Å². The highest BCUT2D eigenvalue weighted by atomic mass is 16.2. The zero-order valence-corrected chi connectivity index (χ0v) is 15.4. The second kappa shape index (κ2) is 10.8. The van der Waals surface area contributed by atoms with Crippen molar-refractivity contribution in [2.45, 2.75) is 26.2 Å². The third kappa shape index (κ3) is 8.06. The first-order valence-electron chi connectivity index (χ1n) is 8.43. The summed E-state index contributed by atoms with van der Waals surface area (Å²) in [4.78, 5) is 33.5. The van der Waals surface area contributed by atoms with Crippen molar-refractivity contribution in [2.75, 3.05) is 47.3 Å². The molecule has 0 atom stereocenters. The van der Waals surface area contributed by atoms with Gasteiger partial charge in [0.25, 0.3) is 0 Å². The van der Waals surface area contributed by atoms with E-state index in [2.05, 4.69) is 9.88 Å². The highest BCUT2D eigenvalue weighted by Crippen LogP contribution is 2.02. The molecule has 134 valence electrons. The average molecular weight is 334 g/mol. The number of amides is 2. The minimum atomic E-state index is 0.0287. The Bertz CT molecular complexity index is 505. The quantitative estimate of drug-likeness (QED) is 0.647. The second-order valence-corrected chi connectivity index (χ2v) is 6.33. The monoisotopic (exact) mass is 334 g/mol. The van der Waals surface area contributed by atoms with E-state index >= 15 is 0 Å². The van der Waals surface area contributed by atoms with Crippen LogP contribution in [0.5, 0.6) is 0 Å². The largest absolute Gasteiger partial charge is 0.345 e. The fourth-order valence-electron chi connectivity index (χ4n) is 2.40. The molecule has 1 heterocycles. The molecule has 0 saturated carbocycles. The van der Waals surface area contributed by atoms with E-state index in [0.717, 1.165) is 19.4 Å². The fraction of sp³-hybridized carbons (Fsp3) is 0.611. The van der Waals surface area contributed by atoms with Gasteiger partial charge in [0.05, 0.1) is 0 Å². The third-order valence-corrected chi connectivity index (χ3v) is 3.99. The van der Waals surface area contributed by atoms with Crippen LogP contribution in [0.25, 0.3) is 0 Å². The Morgan fingerprint density at radius 3 is 2.25 bits per heavy atom. The number of hydrogen-bond donors (Lipinski definition) is 0. The number of rotatable bonds is 10. The van der Waals surface area contributed by atoms with Crippen molar-refractivity contribution in [1.82, 2.24) is 19.7 Å². The molecule has 0 radical (unpaired) electrons.